The van der Waals surface area contributed by atoms with Gasteiger partial charge in [0.15, 0.2) is 0 Å². The first kappa shape index (κ1) is 17.6. The van der Waals surface area contributed by atoms with Gasteiger partial charge in [0.05, 0.1) is 24.8 Å². The van der Waals surface area contributed by atoms with Crippen LogP contribution in [0.3, 0.4) is 0 Å². The quantitative estimate of drug-likeness (QED) is 0.695. The third kappa shape index (κ3) is 4.59. The second-order valence-electron chi connectivity index (χ2n) is 4.48. The third-order valence-electron chi connectivity index (χ3n) is 2.94. The van der Waals surface area contributed by atoms with Crippen molar-refractivity contribution in [3.05, 3.63) is 58.1 Å². The first-order chi connectivity index (χ1) is 11.0. The molecule has 0 bridgehead atoms. The van der Waals surface area contributed by atoms with Gasteiger partial charge in [-0.1, -0.05) is 27.7 Å². The van der Waals surface area contributed by atoms with E-state index in [0.717, 1.165) is 14.3 Å². The second kappa shape index (κ2) is 8.17. The molecule has 120 valence electrons. The zero-order valence-corrected chi connectivity index (χ0v) is 15.1. The maximum atomic E-state index is 12.0. The maximum Gasteiger partial charge on any atom is 0.338 e. The molecule has 0 atom stereocenters. The van der Waals surface area contributed by atoms with E-state index in [2.05, 4.69) is 15.9 Å². The van der Waals surface area contributed by atoms with E-state index < -0.39 is 11.9 Å². The Hall–Kier alpha value is -1.79. The summed E-state index contributed by atoms with van der Waals surface area (Å²) in [5.74, 6) is -1.10. The van der Waals surface area contributed by atoms with Crippen LogP contribution in [0.15, 0.2) is 56.7 Å². The van der Waals surface area contributed by atoms with Crippen molar-refractivity contribution in [1.29, 1.82) is 0 Å². The van der Waals surface area contributed by atoms with Crippen LogP contribution in [0.2, 0.25) is 0 Å². The molecule has 4 nitrogen and oxygen atoms in total. The van der Waals surface area contributed by atoms with E-state index in [-0.39, 0.29) is 17.7 Å². The fourth-order valence-electron chi connectivity index (χ4n) is 1.89. The standard InChI is InChI=1S/C17H15BrO4S/c1-3-22-17(20)14-9-8-13(10-15(14)16(19)21-2)23-12-6-4-11(18)5-7-12/h4-10H,3H2,1-2H3. The van der Waals surface area contributed by atoms with E-state index in [0.29, 0.717) is 0 Å². The molecule has 0 spiro atoms. The van der Waals surface area contributed by atoms with Gasteiger partial charge in [0.25, 0.3) is 0 Å². The first-order valence-corrected chi connectivity index (χ1v) is 8.49. The van der Waals surface area contributed by atoms with Crippen molar-refractivity contribution in [1.82, 2.24) is 0 Å². The van der Waals surface area contributed by atoms with E-state index in [1.807, 2.05) is 24.3 Å². The Labute approximate surface area is 147 Å². The molecule has 2 aromatic carbocycles. The smallest absolute Gasteiger partial charge is 0.338 e. The van der Waals surface area contributed by atoms with Gasteiger partial charge in [-0.3, -0.25) is 0 Å². The summed E-state index contributed by atoms with van der Waals surface area (Å²) in [5, 5.41) is 0. The topological polar surface area (TPSA) is 52.6 Å². The van der Waals surface area contributed by atoms with Gasteiger partial charge in [0.1, 0.15) is 0 Å². The number of benzene rings is 2. The lowest BCUT2D eigenvalue weighted by molar-refractivity contribution is 0.0504. The van der Waals surface area contributed by atoms with Crippen LogP contribution in [-0.2, 0) is 9.47 Å². The van der Waals surface area contributed by atoms with Crippen LogP contribution in [-0.4, -0.2) is 25.7 Å². The number of methoxy groups -OCH3 is 1. The Bertz CT molecular complexity index is 713. The molecule has 0 saturated carbocycles. The lowest BCUT2D eigenvalue weighted by atomic mass is 10.1. The van der Waals surface area contributed by atoms with Crippen LogP contribution in [0.4, 0.5) is 0 Å². The predicted molar refractivity (Wildman–Crippen MR) is 92.0 cm³/mol. The van der Waals surface area contributed by atoms with Crippen molar-refractivity contribution < 1.29 is 19.1 Å². The average molecular weight is 395 g/mol. The van der Waals surface area contributed by atoms with Crippen LogP contribution >= 0.6 is 27.7 Å². The number of rotatable bonds is 5. The van der Waals surface area contributed by atoms with Crippen LogP contribution < -0.4 is 0 Å². The zero-order chi connectivity index (χ0) is 16.8. The lowest BCUT2D eigenvalue weighted by Gasteiger charge is -2.09. The minimum atomic E-state index is -0.564. The molecule has 0 amide bonds. The highest BCUT2D eigenvalue weighted by Crippen LogP contribution is 2.30. The molecular formula is C17H15BrO4S. The lowest BCUT2D eigenvalue weighted by Crippen LogP contribution is -2.13. The van der Waals surface area contributed by atoms with Crippen molar-refractivity contribution in [3.8, 4) is 0 Å². The maximum absolute atomic E-state index is 12.0. The highest BCUT2D eigenvalue weighted by Gasteiger charge is 2.19. The molecule has 0 aliphatic rings. The summed E-state index contributed by atoms with van der Waals surface area (Å²) in [7, 11) is 1.28. The number of hydrogen-bond donors (Lipinski definition) is 0. The molecule has 0 radical (unpaired) electrons. The van der Waals surface area contributed by atoms with Gasteiger partial charge in [-0.05, 0) is 49.4 Å². The summed E-state index contributed by atoms with van der Waals surface area (Å²) in [6.45, 7) is 1.96. The highest BCUT2D eigenvalue weighted by atomic mass is 79.9. The summed E-state index contributed by atoms with van der Waals surface area (Å²) in [6.07, 6.45) is 0. The van der Waals surface area contributed by atoms with E-state index in [1.165, 1.54) is 18.9 Å². The number of ether oxygens (including phenoxy) is 2. The summed E-state index contributed by atoms with van der Waals surface area (Å²) in [5.41, 5.74) is 0.409. The number of carbonyl (C=O) groups excluding carboxylic acids is 2. The molecule has 0 aromatic heterocycles. The van der Waals surface area contributed by atoms with Gasteiger partial charge in [-0.15, -0.1) is 0 Å². The molecule has 6 heteroatoms. The largest absolute Gasteiger partial charge is 0.465 e. The van der Waals surface area contributed by atoms with Crippen molar-refractivity contribution in [2.75, 3.05) is 13.7 Å². The summed E-state index contributed by atoms with van der Waals surface area (Å²) >= 11 is 4.88. The third-order valence-corrected chi connectivity index (χ3v) is 4.47. The summed E-state index contributed by atoms with van der Waals surface area (Å²) < 4.78 is 10.7. The zero-order valence-electron chi connectivity index (χ0n) is 12.7. The molecule has 23 heavy (non-hydrogen) atoms. The normalized spacial score (nSPS) is 10.2. The van der Waals surface area contributed by atoms with Gasteiger partial charge in [-0.2, -0.15) is 0 Å². The van der Waals surface area contributed by atoms with Crippen molar-refractivity contribution in [2.24, 2.45) is 0 Å². The summed E-state index contributed by atoms with van der Waals surface area (Å²) in [4.78, 5) is 25.8. The Morgan fingerprint density at radius 1 is 1.00 bits per heavy atom. The predicted octanol–water partition coefficient (Wildman–Crippen LogP) is 4.56. The minimum Gasteiger partial charge on any atom is -0.465 e. The van der Waals surface area contributed by atoms with E-state index >= 15 is 0 Å². The molecule has 0 fully saturated rings. The van der Waals surface area contributed by atoms with Gasteiger partial charge in [-0.25, -0.2) is 9.59 Å². The number of hydrogen-bond acceptors (Lipinski definition) is 5. The summed E-state index contributed by atoms with van der Waals surface area (Å²) in [6, 6.07) is 12.8. The Morgan fingerprint density at radius 2 is 1.65 bits per heavy atom. The SMILES string of the molecule is CCOC(=O)c1ccc(Sc2ccc(Br)cc2)cc1C(=O)OC. The fraction of sp³-hybridized carbons (Fsp3) is 0.176. The number of carbonyl (C=O) groups is 2. The molecule has 0 N–H and O–H groups in total. The highest BCUT2D eigenvalue weighted by molar-refractivity contribution is 9.10. The Balaban J connectivity index is 2.33. The van der Waals surface area contributed by atoms with Gasteiger partial charge in [0.2, 0.25) is 0 Å². The number of esters is 2. The van der Waals surface area contributed by atoms with Gasteiger partial charge < -0.3 is 9.47 Å². The first-order valence-electron chi connectivity index (χ1n) is 6.88. The molecule has 0 saturated heterocycles. The Kier molecular flexibility index (Phi) is 6.24. The van der Waals surface area contributed by atoms with Crippen molar-refractivity contribution >= 4 is 39.6 Å². The van der Waals surface area contributed by atoms with Crippen molar-refractivity contribution in [3.63, 3.8) is 0 Å². The molecule has 2 aromatic rings. The molecule has 0 aliphatic carbocycles. The second-order valence-corrected chi connectivity index (χ2v) is 6.54. The molecule has 0 unspecified atom stereocenters. The van der Waals surface area contributed by atoms with Crippen LogP contribution in [0.25, 0.3) is 0 Å². The molecular weight excluding hydrogens is 380 g/mol. The van der Waals surface area contributed by atoms with Crippen LogP contribution in [0.1, 0.15) is 27.6 Å². The van der Waals surface area contributed by atoms with Gasteiger partial charge in [0, 0.05) is 14.3 Å². The molecule has 0 aliphatic heterocycles. The van der Waals surface area contributed by atoms with Crippen LogP contribution in [0, 0.1) is 0 Å². The molecule has 0 heterocycles. The van der Waals surface area contributed by atoms with E-state index in [9.17, 15) is 9.59 Å². The van der Waals surface area contributed by atoms with E-state index in [1.54, 1.807) is 25.1 Å². The minimum absolute atomic E-state index is 0.202. The van der Waals surface area contributed by atoms with Gasteiger partial charge >= 0.3 is 11.9 Å². The molecule has 2 rings (SSSR count). The van der Waals surface area contributed by atoms with Crippen molar-refractivity contribution in [2.45, 2.75) is 16.7 Å². The van der Waals surface area contributed by atoms with E-state index in [4.69, 9.17) is 9.47 Å². The Morgan fingerprint density at radius 3 is 2.26 bits per heavy atom. The monoisotopic (exact) mass is 394 g/mol. The van der Waals surface area contributed by atoms with Crippen LogP contribution in [0.5, 0.6) is 0 Å². The fourth-order valence-corrected chi connectivity index (χ4v) is 3.01. The average Bonchev–Trinajstić information content (AvgIpc) is 2.56. The number of halogens is 1.